The average molecular weight is 348 g/mol. The van der Waals surface area contributed by atoms with Gasteiger partial charge in [0.25, 0.3) is 5.91 Å². The SMILES string of the molecule is CCN(Cc1nc2c(s1)CC(C)CC2)C(=O)c1cc(C(=O)O)[nH]n1. The molecule has 8 heteroatoms. The zero-order valence-electron chi connectivity index (χ0n) is 13.7. The summed E-state index contributed by atoms with van der Waals surface area (Å²) in [5.41, 5.74) is 1.20. The third-order valence-corrected chi connectivity index (χ3v) is 5.36. The molecule has 2 heterocycles. The van der Waals surface area contributed by atoms with Crippen LogP contribution in [0.5, 0.6) is 0 Å². The minimum absolute atomic E-state index is 0.0897. The summed E-state index contributed by atoms with van der Waals surface area (Å²) in [6, 6.07) is 1.27. The second-order valence-electron chi connectivity index (χ2n) is 6.12. The van der Waals surface area contributed by atoms with Crippen molar-refractivity contribution >= 4 is 23.2 Å². The first kappa shape index (κ1) is 16.6. The summed E-state index contributed by atoms with van der Waals surface area (Å²) in [5, 5.41) is 16.0. The van der Waals surface area contributed by atoms with E-state index in [9.17, 15) is 9.59 Å². The lowest BCUT2D eigenvalue weighted by molar-refractivity contribution is 0.0690. The molecule has 1 atom stereocenters. The van der Waals surface area contributed by atoms with E-state index in [-0.39, 0.29) is 17.3 Å². The first-order chi connectivity index (χ1) is 11.5. The van der Waals surface area contributed by atoms with E-state index in [2.05, 4.69) is 22.1 Å². The van der Waals surface area contributed by atoms with Gasteiger partial charge in [-0.05, 0) is 32.1 Å². The van der Waals surface area contributed by atoms with Crippen LogP contribution >= 0.6 is 11.3 Å². The number of aromatic nitrogens is 3. The van der Waals surface area contributed by atoms with Crippen LogP contribution < -0.4 is 0 Å². The molecule has 1 amide bonds. The number of carboxylic acid groups (broad SMARTS) is 1. The monoisotopic (exact) mass is 348 g/mol. The molecule has 0 aliphatic heterocycles. The van der Waals surface area contributed by atoms with Crippen molar-refractivity contribution in [3.8, 4) is 0 Å². The Hall–Kier alpha value is -2.22. The molecule has 0 spiro atoms. The highest BCUT2D eigenvalue weighted by molar-refractivity contribution is 7.11. The van der Waals surface area contributed by atoms with Gasteiger partial charge < -0.3 is 10.0 Å². The highest BCUT2D eigenvalue weighted by atomic mass is 32.1. The number of hydrogen-bond donors (Lipinski definition) is 2. The van der Waals surface area contributed by atoms with Gasteiger partial charge in [-0.2, -0.15) is 5.10 Å². The van der Waals surface area contributed by atoms with Crippen molar-refractivity contribution in [2.24, 2.45) is 5.92 Å². The molecule has 0 aromatic carbocycles. The van der Waals surface area contributed by atoms with E-state index in [1.807, 2.05) is 6.92 Å². The van der Waals surface area contributed by atoms with Crippen LogP contribution in [0.25, 0.3) is 0 Å². The number of carboxylic acids is 1. The van der Waals surface area contributed by atoms with Gasteiger partial charge in [-0.1, -0.05) is 6.92 Å². The molecule has 0 fully saturated rings. The van der Waals surface area contributed by atoms with Crippen molar-refractivity contribution in [1.82, 2.24) is 20.1 Å². The number of rotatable bonds is 5. The van der Waals surface area contributed by atoms with Crippen molar-refractivity contribution in [1.29, 1.82) is 0 Å². The van der Waals surface area contributed by atoms with Crippen LogP contribution in [-0.2, 0) is 19.4 Å². The average Bonchev–Trinajstić information content (AvgIpc) is 3.18. The van der Waals surface area contributed by atoms with Crippen LogP contribution in [0.3, 0.4) is 0 Å². The third kappa shape index (κ3) is 3.33. The second kappa shape index (κ2) is 6.72. The fourth-order valence-electron chi connectivity index (χ4n) is 2.85. The van der Waals surface area contributed by atoms with Crippen LogP contribution in [0, 0.1) is 5.92 Å². The Kier molecular flexibility index (Phi) is 4.66. The maximum atomic E-state index is 12.5. The molecular formula is C16H20N4O3S. The molecule has 2 aromatic heterocycles. The summed E-state index contributed by atoms with van der Waals surface area (Å²) in [7, 11) is 0. The lowest BCUT2D eigenvalue weighted by Crippen LogP contribution is -2.30. The van der Waals surface area contributed by atoms with Crippen molar-refractivity contribution in [2.75, 3.05) is 6.54 Å². The molecule has 2 N–H and O–H groups in total. The number of aromatic carboxylic acids is 1. The molecular weight excluding hydrogens is 328 g/mol. The van der Waals surface area contributed by atoms with Gasteiger partial charge in [-0.3, -0.25) is 9.89 Å². The number of carbonyl (C=O) groups excluding carboxylic acids is 1. The summed E-state index contributed by atoms with van der Waals surface area (Å²) < 4.78 is 0. The van der Waals surface area contributed by atoms with Gasteiger partial charge >= 0.3 is 5.97 Å². The highest BCUT2D eigenvalue weighted by Gasteiger charge is 2.23. The molecule has 0 saturated heterocycles. The van der Waals surface area contributed by atoms with E-state index in [1.165, 1.54) is 16.6 Å². The number of nitrogens with zero attached hydrogens (tertiary/aromatic N) is 3. The fraction of sp³-hybridized carbons (Fsp3) is 0.500. The number of amides is 1. The van der Waals surface area contributed by atoms with Crippen LogP contribution in [0.1, 0.15) is 56.8 Å². The van der Waals surface area contributed by atoms with Gasteiger partial charge in [0.15, 0.2) is 5.69 Å². The normalized spacial score (nSPS) is 16.7. The van der Waals surface area contributed by atoms with Crippen molar-refractivity contribution < 1.29 is 14.7 Å². The van der Waals surface area contributed by atoms with E-state index in [0.29, 0.717) is 19.0 Å². The van der Waals surface area contributed by atoms with E-state index in [1.54, 1.807) is 16.2 Å². The molecule has 7 nitrogen and oxygen atoms in total. The van der Waals surface area contributed by atoms with Gasteiger partial charge in [-0.15, -0.1) is 11.3 Å². The van der Waals surface area contributed by atoms with Crippen molar-refractivity contribution in [2.45, 2.75) is 39.7 Å². The van der Waals surface area contributed by atoms with Crippen LogP contribution in [0.15, 0.2) is 6.07 Å². The van der Waals surface area contributed by atoms with E-state index in [0.717, 1.165) is 24.3 Å². The summed E-state index contributed by atoms with van der Waals surface area (Å²) in [6.07, 6.45) is 3.24. The number of hydrogen-bond acceptors (Lipinski definition) is 5. The predicted octanol–water partition coefficient (Wildman–Crippen LogP) is 2.35. The number of fused-ring (bicyclic) bond motifs is 1. The number of carbonyl (C=O) groups is 2. The first-order valence-corrected chi connectivity index (χ1v) is 8.85. The number of H-pyrrole nitrogens is 1. The molecule has 2 aromatic rings. The molecule has 1 aliphatic carbocycles. The van der Waals surface area contributed by atoms with E-state index >= 15 is 0 Å². The molecule has 1 unspecified atom stereocenters. The Morgan fingerprint density at radius 1 is 1.50 bits per heavy atom. The van der Waals surface area contributed by atoms with Gasteiger partial charge in [0.2, 0.25) is 0 Å². The zero-order valence-corrected chi connectivity index (χ0v) is 14.5. The predicted molar refractivity (Wildman–Crippen MR) is 89.3 cm³/mol. The summed E-state index contributed by atoms with van der Waals surface area (Å²) >= 11 is 1.68. The fourth-order valence-corrected chi connectivity index (χ4v) is 4.15. The Morgan fingerprint density at radius 3 is 2.96 bits per heavy atom. The standard InChI is InChI=1S/C16H20N4O3S/c1-3-20(15(21)11-7-12(16(22)23)19-18-11)8-14-17-10-5-4-9(2)6-13(10)24-14/h7,9H,3-6,8H2,1-2H3,(H,18,19)(H,22,23). The van der Waals surface area contributed by atoms with E-state index in [4.69, 9.17) is 5.11 Å². The number of aromatic amines is 1. The molecule has 0 bridgehead atoms. The minimum atomic E-state index is -1.13. The quantitative estimate of drug-likeness (QED) is 0.864. The second-order valence-corrected chi connectivity index (χ2v) is 7.28. The summed E-state index contributed by atoms with van der Waals surface area (Å²) in [5.74, 6) is -0.734. The van der Waals surface area contributed by atoms with Crippen LogP contribution in [-0.4, -0.2) is 43.6 Å². The lowest BCUT2D eigenvalue weighted by atomic mass is 9.93. The maximum Gasteiger partial charge on any atom is 0.353 e. The van der Waals surface area contributed by atoms with Crippen molar-refractivity contribution in [3.05, 3.63) is 33.0 Å². The number of nitrogens with one attached hydrogen (secondary N) is 1. The van der Waals surface area contributed by atoms with E-state index < -0.39 is 5.97 Å². The molecule has 24 heavy (non-hydrogen) atoms. The van der Waals surface area contributed by atoms with Gasteiger partial charge in [0, 0.05) is 17.5 Å². The number of thiazole rings is 1. The van der Waals surface area contributed by atoms with Gasteiger partial charge in [-0.25, -0.2) is 9.78 Å². The largest absolute Gasteiger partial charge is 0.477 e. The first-order valence-electron chi connectivity index (χ1n) is 8.03. The Labute approximate surface area is 143 Å². The minimum Gasteiger partial charge on any atom is -0.477 e. The van der Waals surface area contributed by atoms with Gasteiger partial charge in [0.1, 0.15) is 10.7 Å². The third-order valence-electron chi connectivity index (χ3n) is 4.25. The Morgan fingerprint density at radius 2 is 2.29 bits per heavy atom. The molecule has 128 valence electrons. The molecule has 1 aliphatic rings. The summed E-state index contributed by atoms with van der Waals surface area (Å²) in [6.45, 7) is 5.07. The zero-order chi connectivity index (χ0) is 17.3. The van der Waals surface area contributed by atoms with Gasteiger partial charge in [0.05, 0.1) is 12.2 Å². The van der Waals surface area contributed by atoms with Crippen molar-refractivity contribution in [3.63, 3.8) is 0 Å². The molecule has 0 radical (unpaired) electrons. The van der Waals surface area contributed by atoms with Crippen LogP contribution in [0.2, 0.25) is 0 Å². The maximum absolute atomic E-state index is 12.5. The molecule has 0 saturated carbocycles. The molecule has 3 rings (SSSR count). The lowest BCUT2D eigenvalue weighted by Gasteiger charge is -2.18. The van der Waals surface area contributed by atoms with Crippen LogP contribution in [0.4, 0.5) is 0 Å². The smallest absolute Gasteiger partial charge is 0.353 e. The number of aryl methyl sites for hydroxylation is 1. The highest BCUT2D eigenvalue weighted by Crippen LogP contribution is 2.30. The Bertz CT molecular complexity index is 767. The Balaban J connectivity index is 1.74. The topological polar surface area (TPSA) is 99.2 Å². The summed E-state index contributed by atoms with van der Waals surface area (Å²) in [4.78, 5) is 31.1.